The van der Waals surface area contributed by atoms with Gasteiger partial charge in [-0.15, -0.1) is 0 Å². The highest BCUT2D eigenvalue weighted by molar-refractivity contribution is 7.80. The molecule has 3 rings (SSSR count). The molecule has 0 spiro atoms. The van der Waals surface area contributed by atoms with Crippen LogP contribution in [0.4, 0.5) is 11.4 Å². The van der Waals surface area contributed by atoms with Crippen molar-refractivity contribution >= 4 is 46.2 Å². The van der Waals surface area contributed by atoms with Gasteiger partial charge in [-0.2, -0.15) is 0 Å². The number of rotatable bonds is 7. The van der Waals surface area contributed by atoms with E-state index in [0.717, 1.165) is 11.3 Å². The average Bonchev–Trinajstić information content (AvgIpc) is 2.75. The molecule has 0 fully saturated rings. The number of hydrogen-bond acceptors (Lipinski definition) is 4. The van der Waals surface area contributed by atoms with Gasteiger partial charge in [-0.05, 0) is 48.1 Å². The summed E-state index contributed by atoms with van der Waals surface area (Å²) < 4.78 is 12.0. The Morgan fingerprint density at radius 1 is 1.06 bits per heavy atom. The van der Waals surface area contributed by atoms with Crippen LogP contribution >= 0.6 is 23.8 Å². The smallest absolute Gasteiger partial charge is 0.221 e. The molecule has 31 heavy (non-hydrogen) atoms. The number of hydrogen-bond donors (Lipinski definition) is 3. The van der Waals surface area contributed by atoms with E-state index in [9.17, 15) is 4.79 Å². The highest BCUT2D eigenvalue weighted by Gasteiger charge is 2.38. The Morgan fingerprint density at radius 2 is 1.71 bits per heavy atom. The molecule has 1 aliphatic carbocycles. The van der Waals surface area contributed by atoms with Gasteiger partial charge in [0, 0.05) is 36.9 Å². The molecule has 0 saturated heterocycles. The van der Waals surface area contributed by atoms with E-state index in [1.54, 1.807) is 25.3 Å². The van der Waals surface area contributed by atoms with E-state index in [1.165, 1.54) is 6.92 Å². The predicted octanol–water partition coefficient (Wildman–Crippen LogP) is 4.90. The molecule has 1 atom stereocenters. The fourth-order valence-corrected chi connectivity index (χ4v) is 3.48. The average molecular weight is 458 g/mol. The molecule has 0 aromatic heterocycles. The van der Waals surface area contributed by atoms with Crippen molar-refractivity contribution in [2.45, 2.75) is 25.7 Å². The van der Waals surface area contributed by atoms with Gasteiger partial charge in [0.2, 0.25) is 11.7 Å². The number of allylic oxidation sites excluding steroid dienone is 2. The van der Waals surface area contributed by atoms with Crippen LogP contribution < -0.4 is 16.0 Å². The zero-order valence-corrected chi connectivity index (χ0v) is 18.8. The molecular formula is C23H24ClN3O3S. The quantitative estimate of drug-likeness (QED) is 0.405. The third-order valence-electron chi connectivity index (χ3n) is 4.61. The van der Waals surface area contributed by atoms with Gasteiger partial charge >= 0.3 is 0 Å². The van der Waals surface area contributed by atoms with Crippen molar-refractivity contribution in [3.8, 4) is 0 Å². The van der Waals surface area contributed by atoms with E-state index in [-0.39, 0.29) is 5.91 Å². The molecule has 8 heteroatoms. The molecule has 0 saturated carbocycles. The number of carbonyl (C=O) groups is 1. The van der Waals surface area contributed by atoms with Crippen LogP contribution in [0.25, 0.3) is 0 Å². The number of ether oxygens (including phenoxy) is 2. The second-order valence-corrected chi connectivity index (χ2v) is 7.76. The van der Waals surface area contributed by atoms with Crippen LogP contribution in [-0.2, 0) is 20.9 Å². The highest BCUT2D eigenvalue weighted by Crippen LogP contribution is 2.33. The van der Waals surface area contributed by atoms with Gasteiger partial charge in [0.15, 0.2) is 5.11 Å². The molecule has 6 nitrogen and oxygen atoms in total. The molecule has 0 radical (unpaired) electrons. The van der Waals surface area contributed by atoms with Gasteiger partial charge in [-0.3, -0.25) is 4.79 Å². The maximum absolute atomic E-state index is 11.2. The number of methoxy groups -OCH3 is 1. The fourth-order valence-electron chi connectivity index (χ4n) is 3.07. The first-order valence-electron chi connectivity index (χ1n) is 9.67. The molecule has 1 aliphatic rings. The van der Waals surface area contributed by atoms with Crippen molar-refractivity contribution in [2.75, 3.05) is 17.7 Å². The van der Waals surface area contributed by atoms with Crippen LogP contribution in [0, 0.1) is 0 Å². The Bertz CT molecular complexity index is 993. The van der Waals surface area contributed by atoms with Crippen molar-refractivity contribution < 1.29 is 14.3 Å². The molecule has 2 aromatic carbocycles. The zero-order chi connectivity index (χ0) is 22.3. The van der Waals surface area contributed by atoms with Crippen LogP contribution in [0.1, 0.15) is 18.9 Å². The Hall–Kier alpha value is -2.71. The summed E-state index contributed by atoms with van der Waals surface area (Å²) >= 11 is 11.7. The summed E-state index contributed by atoms with van der Waals surface area (Å²) in [5.74, 6) is -1.17. The van der Waals surface area contributed by atoms with Crippen LogP contribution in [0.2, 0.25) is 0 Å². The number of benzene rings is 2. The van der Waals surface area contributed by atoms with Crippen molar-refractivity contribution in [3.05, 3.63) is 83.0 Å². The predicted molar refractivity (Wildman–Crippen MR) is 128 cm³/mol. The summed E-state index contributed by atoms with van der Waals surface area (Å²) in [5.41, 5.74) is 3.10. The van der Waals surface area contributed by atoms with E-state index in [1.807, 2.05) is 48.5 Å². The van der Waals surface area contributed by atoms with Crippen LogP contribution in [-0.4, -0.2) is 23.9 Å². The lowest BCUT2D eigenvalue weighted by atomic mass is 10.0. The first-order chi connectivity index (χ1) is 14.9. The van der Waals surface area contributed by atoms with E-state index < -0.39 is 5.79 Å². The molecule has 0 bridgehead atoms. The minimum atomic E-state index is -1.05. The van der Waals surface area contributed by atoms with E-state index in [4.69, 9.17) is 33.3 Å². The summed E-state index contributed by atoms with van der Waals surface area (Å²) in [6.45, 7) is 1.83. The van der Waals surface area contributed by atoms with Gasteiger partial charge in [0.1, 0.15) is 0 Å². The maximum Gasteiger partial charge on any atom is 0.221 e. The van der Waals surface area contributed by atoms with Gasteiger partial charge in [-0.25, -0.2) is 0 Å². The van der Waals surface area contributed by atoms with Crippen LogP contribution in [0.3, 0.4) is 0 Å². The van der Waals surface area contributed by atoms with Gasteiger partial charge in [0.25, 0.3) is 0 Å². The largest absolute Gasteiger partial charge is 0.348 e. The highest BCUT2D eigenvalue weighted by atomic mass is 35.5. The summed E-state index contributed by atoms with van der Waals surface area (Å²) in [7, 11) is 1.59. The van der Waals surface area contributed by atoms with E-state index >= 15 is 0 Å². The van der Waals surface area contributed by atoms with Gasteiger partial charge in [-0.1, -0.05) is 48.0 Å². The van der Waals surface area contributed by atoms with Gasteiger partial charge < -0.3 is 25.4 Å². The normalized spacial score (nSPS) is 17.9. The molecular weight excluding hydrogens is 434 g/mol. The lowest BCUT2D eigenvalue weighted by Gasteiger charge is -2.36. The Balaban J connectivity index is 1.69. The van der Waals surface area contributed by atoms with Gasteiger partial charge in [0.05, 0.1) is 12.3 Å². The lowest BCUT2D eigenvalue weighted by molar-refractivity contribution is -0.203. The molecule has 162 valence electrons. The first-order valence-corrected chi connectivity index (χ1v) is 10.5. The summed E-state index contributed by atoms with van der Waals surface area (Å²) in [6.07, 6.45) is 4.02. The molecule has 1 amide bonds. The summed E-state index contributed by atoms with van der Waals surface area (Å²) in [6, 6.07) is 17.1. The SMILES string of the molecule is COC1(OCc2ccccc2)CC=C(Cl)C=C1NC(=S)Nc1ccc(NC(C)=O)cc1. The molecule has 1 unspecified atom stereocenters. The number of carbonyl (C=O) groups excluding carboxylic acids is 1. The lowest BCUT2D eigenvalue weighted by Crippen LogP contribution is -2.46. The third-order valence-corrected chi connectivity index (χ3v) is 5.08. The second kappa shape index (κ2) is 10.5. The number of halogens is 1. The second-order valence-electron chi connectivity index (χ2n) is 6.92. The van der Waals surface area contributed by atoms with Crippen molar-refractivity contribution in [3.63, 3.8) is 0 Å². The zero-order valence-electron chi connectivity index (χ0n) is 17.3. The van der Waals surface area contributed by atoms with E-state index in [2.05, 4.69) is 16.0 Å². The number of anilines is 2. The maximum atomic E-state index is 11.2. The summed E-state index contributed by atoms with van der Waals surface area (Å²) in [4.78, 5) is 11.2. The molecule has 0 heterocycles. The van der Waals surface area contributed by atoms with Crippen LogP contribution in [0.15, 0.2) is 77.5 Å². The Morgan fingerprint density at radius 3 is 2.32 bits per heavy atom. The topological polar surface area (TPSA) is 71.6 Å². The number of amides is 1. The minimum absolute atomic E-state index is 0.126. The molecule has 0 aliphatic heterocycles. The molecule has 2 aromatic rings. The Labute approximate surface area is 192 Å². The fraction of sp³-hybridized carbons (Fsp3) is 0.217. The Kier molecular flexibility index (Phi) is 7.81. The van der Waals surface area contributed by atoms with Crippen molar-refractivity contribution in [1.82, 2.24) is 5.32 Å². The standard InChI is InChI=1S/C23H24ClN3O3S/c1-16(28)25-19-8-10-20(11-9-19)26-22(31)27-21-14-18(24)12-13-23(21,29-2)30-15-17-6-4-3-5-7-17/h3-12,14H,13,15H2,1-2H3,(H,25,28)(H2,26,27,31). The first kappa shape index (κ1) is 23.0. The third kappa shape index (κ3) is 6.38. The van der Waals surface area contributed by atoms with Crippen molar-refractivity contribution in [1.29, 1.82) is 0 Å². The number of nitrogens with one attached hydrogen (secondary N) is 3. The minimum Gasteiger partial charge on any atom is -0.348 e. The molecule has 3 N–H and O–H groups in total. The van der Waals surface area contributed by atoms with E-state index in [0.29, 0.717) is 34.6 Å². The van der Waals surface area contributed by atoms with Crippen molar-refractivity contribution in [2.24, 2.45) is 0 Å². The van der Waals surface area contributed by atoms with Crippen LogP contribution in [0.5, 0.6) is 0 Å². The summed E-state index contributed by atoms with van der Waals surface area (Å²) in [5, 5.41) is 9.92. The monoisotopic (exact) mass is 457 g/mol. The number of thiocarbonyl (C=S) groups is 1.